The van der Waals surface area contributed by atoms with Gasteiger partial charge in [-0.3, -0.25) is 9.69 Å². The van der Waals surface area contributed by atoms with E-state index in [1.54, 1.807) is 12.1 Å². The first kappa shape index (κ1) is 20.6. The highest BCUT2D eigenvalue weighted by Crippen LogP contribution is 2.34. The second kappa shape index (κ2) is 8.78. The molecule has 0 saturated carbocycles. The maximum absolute atomic E-state index is 12.6. The Morgan fingerprint density at radius 1 is 1.26 bits per heavy atom. The van der Waals surface area contributed by atoms with Crippen molar-refractivity contribution in [3.05, 3.63) is 40.3 Å². The number of aliphatic carboxylic acids is 2. The van der Waals surface area contributed by atoms with Gasteiger partial charge < -0.3 is 24.5 Å². The van der Waals surface area contributed by atoms with Crippen LogP contribution >= 0.6 is 24.0 Å². The second-order valence-corrected chi connectivity index (χ2v) is 7.09. The number of esters is 1. The fraction of sp³-hybridized carbons (Fsp3) is 0.235. The maximum Gasteiger partial charge on any atom is 0.337 e. The average Bonchev–Trinajstić information content (AvgIpc) is 2.89. The Morgan fingerprint density at radius 2 is 1.89 bits per heavy atom. The van der Waals surface area contributed by atoms with E-state index in [2.05, 4.69) is 4.74 Å². The SMILES string of the molecule is COC(=O)c1ccc(/C=C2\SC(=S)N([C@H](CCC(=O)[O-])C(=O)[O-])C2=O)cc1. The predicted octanol–water partition coefficient (Wildman–Crippen LogP) is -0.677. The zero-order valence-electron chi connectivity index (χ0n) is 14.0. The van der Waals surface area contributed by atoms with Gasteiger partial charge in [0, 0.05) is 5.97 Å². The molecule has 1 saturated heterocycles. The Bertz CT molecular complexity index is 832. The van der Waals surface area contributed by atoms with Gasteiger partial charge in [0.05, 0.1) is 29.6 Å². The van der Waals surface area contributed by atoms with Crippen LogP contribution in [-0.2, 0) is 19.1 Å². The third-order valence-corrected chi connectivity index (χ3v) is 4.99. The van der Waals surface area contributed by atoms with Crippen LogP contribution < -0.4 is 10.2 Å². The molecule has 2 rings (SSSR count). The molecule has 1 aromatic rings. The van der Waals surface area contributed by atoms with Crippen LogP contribution in [0.4, 0.5) is 0 Å². The molecule has 1 aromatic carbocycles. The molecule has 1 amide bonds. The van der Waals surface area contributed by atoms with Crippen molar-refractivity contribution >= 4 is 58.2 Å². The molecule has 10 heteroatoms. The highest BCUT2D eigenvalue weighted by atomic mass is 32.2. The zero-order chi connectivity index (χ0) is 20.1. The molecule has 8 nitrogen and oxygen atoms in total. The van der Waals surface area contributed by atoms with Crippen molar-refractivity contribution in [3.63, 3.8) is 0 Å². The smallest absolute Gasteiger partial charge is 0.337 e. The van der Waals surface area contributed by atoms with Gasteiger partial charge in [-0.25, -0.2) is 4.79 Å². The molecule has 0 bridgehead atoms. The molecule has 1 heterocycles. The van der Waals surface area contributed by atoms with E-state index in [1.165, 1.54) is 25.3 Å². The number of thioether (sulfide) groups is 1. The Hall–Kier alpha value is -2.72. The van der Waals surface area contributed by atoms with Crippen LogP contribution in [0, 0.1) is 0 Å². The first-order valence-corrected chi connectivity index (χ1v) is 8.83. The van der Waals surface area contributed by atoms with E-state index in [0.29, 0.717) is 11.1 Å². The second-order valence-electron chi connectivity index (χ2n) is 5.41. The van der Waals surface area contributed by atoms with Gasteiger partial charge in [-0.1, -0.05) is 36.1 Å². The van der Waals surface area contributed by atoms with E-state index in [0.717, 1.165) is 16.7 Å². The summed E-state index contributed by atoms with van der Waals surface area (Å²) in [5, 5.41) is 21.9. The summed E-state index contributed by atoms with van der Waals surface area (Å²) in [6.45, 7) is 0. The van der Waals surface area contributed by atoms with Gasteiger partial charge in [-0.15, -0.1) is 0 Å². The van der Waals surface area contributed by atoms with Crippen molar-refractivity contribution in [1.82, 2.24) is 4.90 Å². The highest BCUT2D eigenvalue weighted by Gasteiger charge is 2.37. The van der Waals surface area contributed by atoms with Crippen molar-refractivity contribution in [1.29, 1.82) is 0 Å². The Morgan fingerprint density at radius 3 is 2.41 bits per heavy atom. The molecule has 0 N–H and O–H groups in total. The first-order valence-electron chi connectivity index (χ1n) is 7.60. The largest absolute Gasteiger partial charge is 0.550 e. The molecule has 0 aromatic heterocycles. The number of nitrogens with zero attached hydrogens (tertiary/aromatic N) is 1. The molecule has 0 spiro atoms. The van der Waals surface area contributed by atoms with Gasteiger partial charge in [0.25, 0.3) is 5.91 Å². The third-order valence-electron chi connectivity index (χ3n) is 3.66. The van der Waals surface area contributed by atoms with E-state index in [1.807, 2.05) is 0 Å². The first-order chi connectivity index (χ1) is 12.7. The molecule has 0 aliphatic carbocycles. The fourth-order valence-corrected chi connectivity index (χ4v) is 3.70. The molecule has 27 heavy (non-hydrogen) atoms. The lowest BCUT2D eigenvalue weighted by atomic mass is 10.1. The molecule has 142 valence electrons. The topological polar surface area (TPSA) is 127 Å². The molecular weight excluding hydrogens is 394 g/mol. The average molecular weight is 407 g/mol. The molecule has 1 fully saturated rings. The lowest BCUT2D eigenvalue weighted by molar-refractivity contribution is -0.311. The Kier molecular flexibility index (Phi) is 6.70. The number of hydrogen-bond acceptors (Lipinski definition) is 9. The van der Waals surface area contributed by atoms with Gasteiger partial charge in [-0.2, -0.15) is 0 Å². The third kappa shape index (κ3) is 4.92. The quantitative estimate of drug-likeness (QED) is 0.328. The van der Waals surface area contributed by atoms with E-state index in [-0.39, 0.29) is 15.6 Å². The molecule has 1 aliphatic heterocycles. The van der Waals surface area contributed by atoms with Crippen LogP contribution in [0.3, 0.4) is 0 Å². The monoisotopic (exact) mass is 407 g/mol. The van der Waals surface area contributed by atoms with E-state index in [9.17, 15) is 29.4 Å². The van der Waals surface area contributed by atoms with Crippen LogP contribution in [0.1, 0.15) is 28.8 Å². The van der Waals surface area contributed by atoms with Crippen LogP contribution in [-0.4, -0.2) is 46.2 Å². The number of carboxylic acid groups (broad SMARTS) is 2. The van der Waals surface area contributed by atoms with E-state index >= 15 is 0 Å². The van der Waals surface area contributed by atoms with Crippen molar-refractivity contribution in [2.24, 2.45) is 0 Å². The molecule has 0 unspecified atom stereocenters. The number of carboxylic acids is 2. The number of carbonyl (C=O) groups is 4. The number of carbonyl (C=O) groups excluding carboxylic acids is 4. The number of ether oxygens (including phenoxy) is 1. The van der Waals surface area contributed by atoms with Gasteiger partial charge in [-0.05, 0) is 36.6 Å². The summed E-state index contributed by atoms with van der Waals surface area (Å²) in [7, 11) is 1.26. The van der Waals surface area contributed by atoms with Gasteiger partial charge in [0.1, 0.15) is 4.32 Å². The van der Waals surface area contributed by atoms with Crippen molar-refractivity contribution in [2.75, 3.05) is 7.11 Å². The number of amides is 1. The minimum absolute atomic E-state index is 0.00928. The maximum atomic E-state index is 12.6. The van der Waals surface area contributed by atoms with Crippen molar-refractivity contribution in [2.45, 2.75) is 18.9 Å². The summed E-state index contributed by atoms with van der Waals surface area (Å²) in [5.41, 5.74) is 0.921. The fourth-order valence-electron chi connectivity index (χ4n) is 2.34. The van der Waals surface area contributed by atoms with E-state index < -0.39 is 36.3 Å². The molecular formula is C17H13NO7S2-2. The van der Waals surface area contributed by atoms with E-state index in [4.69, 9.17) is 12.2 Å². The van der Waals surface area contributed by atoms with Gasteiger partial charge >= 0.3 is 5.97 Å². The van der Waals surface area contributed by atoms with Crippen molar-refractivity contribution < 1.29 is 34.1 Å². The van der Waals surface area contributed by atoms with Gasteiger partial charge in [0.15, 0.2) is 0 Å². The lowest BCUT2D eigenvalue weighted by Crippen LogP contribution is -2.50. The molecule has 1 atom stereocenters. The summed E-state index contributed by atoms with van der Waals surface area (Å²) >= 11 is 5.96. The number of rotatable bonds is 7. The Balaban J connectivity index is 2.23. The summed E-state index contributed by atoms with van der Waals surface area (Å²) in [6, 6.07) is 4.71. The number of hydrogen-bond donors (Lipinski definition) is 0. The summed E-state index contributed by atoms with van der Waals surface area (Å²) in [4.78, 5) is 46.9. The number of thiocarbonyl (C=S) groups is 1. The number of methoxy groups -OCH3 is 1. The van der Waals surface area contributed by atoms with Crippen LogP contribution in [0.2, 0.25) is 0 Å². The summed E-state index contributed by atoms with van der Waals surface area (Å²) in [5.74, 6) is -4.20. The molecule has 1 aliphatic rings. The standard InChI is InChI=1S/C17H15NO7S2/c1-25-16(24)10-4-2-9(3-5-10)8-12-14(21)18(17(26)27-12)11(15(22)23)6-7-13(19)20/h2-5,8,11H,6-7H2,1H3,(H,19,20)(H,22,23)/p-2/b12-8-/t11-/m1/s1. The summed E-state index contributed by atoms with van der Waals surface area (Å²) < 4.78 is 4.59. The number of benzene rings is 1. The van der Waals surface area contributed by atoms with Crippen molar-refractivity contribution in [3.8, 4) is 0 Å². The minimum Gasteiger partial charge on any atom is -0.550 e. The van der Waals surface area contributed by atoms with Crippen LogP contribution in [0.5, 0.6) is 0 Å². The normalized spacial score (nSPS) is 16.5. The van der Waals surface area contributed by atoms with Crippen LogP contribution in [0.15, 0.2) is 29.2 Å². The lowest BCUT2D eigenvalue weighted by Gasteiger charge is -2.27. The zero-order valence-corrected chi connectivity index (χ0v) is 15.6. The molecule has 0 radical (unpaired) electrons. The predicted molar refractivity (Wildman–Crippen MR) is 95.8 cm³/mol. The van der Waals surface area contributed by atoms with Gasteiger partial charge in [0.2, 0.25) is 0 Å². The minimum atomic E-state index is -1.60. The summed E-state index contributed by atoms with van der Waals surface area (Å²) in [6.07, 6.45) is 0.563. The Labute approximate surface area is 163 Å². The highest BCUT2D eigenvalue weighted by molar-refractivity contribution is 8.26. The van der Waals surface area contributed by atoms with Crippen LogP contribution in [0.25, 0.3) is 6.08 Å².